The van der Waals surface area contributed by atoms with E-state index in [9.17, 15) is 0 Å². The highest BCUT2D eigenvalue weighted by atomic mass is 32.1. The van der Waals surface area contributed by atoms with Gasteiger partial charge in [-0.15, -0.1) is 21.5 Å². The van der Waals surface area contributed by atoms with Gasteiger partial charge in [0.2, 0.25) is 5.13 Å². The lowest BCUT2D eigenvalue weighted by Gasteiger charge is -1.80. The van der Waals surface area contributed by atoms with Crippen molar-refractivity contribution in [2.24, 2.45) is 0 Å². The van der Waals surface area contributed by atoms with E-state index >= 15 is 0 Å². The lowest BCUT2D eigenvalue weighted by Crippen LogP contribution is -1.79. The maximum Gasteiger partial charge on any atom is 0.203 e. The summed E-state index contributed by atoms with van der Waals surface area (Å²) in [5, 5.41) is 11.0. The minimum absolute atomic E-state index is 0.505. The van der Waals surface area contributed by atoms with E-state index in [0.717, 1.165) is 5.01 Å². The van der Waals surface area contributed by atoms with E-state index in [-0.39, 0.29) is 0 Å². The van der Waals surface area contributed by atoms with Gasteiger partial charge >= 0.3 is 0 Å². The van der Waals surface area contributed by atoms with E-state index in [1.54, 1.807) is 11.3 Å². The first-order valence-corrected chi connectivity index (χ1v) is 5.35. The molecular formula is C8H7N3S2. The Labute approximate surface area is 83.6 Å². The molecule has 0 saturated heterocycles. The second-order valence-electron chi connectivity index (χ2n) is 2.33. The highest BCUT2D eigenvalue weighted by molar-refractivity contribution is 7.16. The molecule has 0 aliphatic carbocycles. The van der Waals surface area contributed by atoms with Crippen molar-refractivity contribution in [2.45, 2.75) is 0 Å². The first kappa shape index (κ1) is 8.40. The Kier molecular flexibility index (Phi) is 2.37. The van der Waals surface area contributed by atoms with E-state index in [1.165, 1.54) is 16.2 Å². The van der Waals surface area contributed by atoms with Crippen LogP contribution in [0.2, 0.25) is 0 Å². The van der Waals surface area contributed by atoms with E-state index < -0.39 is 0 Å². The van der Waals surface area contributed by atoms with E-state index in [4.69, 9.17) is 5.73 Å². The third kappa shape index (κ3) is 2.13. The van der Waals surface area contributed by atoms with Gasteiger partial charge in [-0.1, -0.05) is 17.4 Å². The summed E-state index contributed by atoms with van der Waals surface area (Å²) in [6, 6.07) is 4.06. The van der Waals surface area contributed by atoms with Gasteiger partial charge < -0.3 is 5.73 Å². The maximum atomic E-state index is 5.44. The summed E-state index contributed by atoms with van der Waals surface area (Å²) in [6.07, 6.45) is 3.92. The normalized spacial score (nSPS) is 11.1. The van der Waals surface area contributed by atoms with Crippen LogP contribution in [0.3, 0.4) is 0 Å². The second-order valence-corrected chi connectivity index (χ2v) is 4.35. The molecule has 2 aromatic rings. The minimum atomic E-state index is 0.505. The van der Waals surface area contributed by atoms with E-state index in [0.29, 0.717) is 5.13 Å². The van der Waals surface area contributed by atoms with Crippen molar-refractivity contribution in [2.75, 3.05) is 5.73 Å². The van der Waals surface area contributed by atoms with Crippen LogP contribution in [0.15, 0.2) is 17.5 Å². The number of thiophene rings is 1. The van der Waals surface area contributed by atoms with Crippen molar-refractivity contribution in [3.8, 4) is 0 Å². The molecule has 2 N–H and O–H groups in total. The van der Waals surface area contributed by atoms with Crippen LogP contribution in [0.1, 0.15) is 9.88 Å². The fraction of sp³-hybridized carbons (Fsp3) is 0. The van der Waals surface area contributed by atoms with Crippen molar-refractivity contribution in [3.63, 3.8) is 0 Å². The predicted octanol–water partition coefficient (Wildman–Crippen LogP) is 2.35. The number of nitrogens with two attached hydrogens (primary N) is 1. The largest absolute Gasteiger partial charge is 0.374 e. The van der Waals surface area contributed by atoms with Gasteiger partial charge in [0.1, 0.15) is 5.01 Å². The molecule has 2 heterocycles. The van der Waals surface area contributed by atoms with E-state index in [2.05, 4.69) is 10.2 Å². The van der Waals surface area contributed by atoms with Crippen molar-refractivity contribution in [3.05, 3.63) is 27.4 Å². The molecule has 0 fully saturated rings. The monoisotopic (exact) mass is 209 g/mol. The first-order chi connectivity index (χ1) is 6.34. The van der Waals surface area contributed by atoms with Crippen molar-refractivity contribution >= 4 is 40.0 Å². The van der Waals surface area contributed by atoms with Crippen LogP contribution >= 0.6 is 22.7 Å². The Morgan fingerprint density at radius 1 is 1.31 bits per heavy atom. The smallest absolute Gasteiger partial charge is 0.203 e. The SMILES string of the molecule is Nc1nnc(/C=C/c2cccs2)s1. The third-order valence-corrected chi connectivity index (χ3v) is 2.94. The number of rotatable bonds is 2. The number of nitrogen functional groups attached to an aromatic ring is 1. The van der Waals surface area contributed by atoms with Gasteiger partial charge in [-0.2, -0.15) is 0 Å². The zero-order valence-corrected chi connectivity index (χ0v) is 8.31. The lowest BCUT2D eigenvalue weighted by molar-refractivity contribution is 1.09. The Morgan fingerprint density at radius 2 is 2.23 bits per heavy atom. The summed E-state index contributed by atoms with van der Waals surface area (Å²) in [5.41, 5.74) is 5.44. The van der Waals surface area contributed by atoms with Gasteiger partial charge in [0.25, 0.3) is 0 Å². The topological polar surface area (TPSA) is 51.8 Å². The van der Waals surface area contributed by atoms with Crippen LogP contribution in [0.25, 0.3) is 12.2 Å². The van der Waals surface area contributed by atoms with Crippen LogP contribution in [0.4, 0.5) is 5.13 Å². The standard InChI is InChI=1S/C8H7N3S2/c9-8-11-10-7(13-8)4-3-6-2-1-5-12-6/h1-5H,(H2,9,11)/b4-3+. The summed E-state index contributed by atoms with van der Waals surface area (Å²) in [6.45, 7) is 0. The molecular weight excluding hydrogens is 202 g/mol. The zero-order valence-electron chi connectivity index (χ0n) is 6.68. The van der Waals surface area contributed by atoms with E-state index in [1.807, 2.05) is 29.7 Å². The molecule has 0 atom stereocenters. The van der Waals surface area contributed by atoms with Gasteiger partial charge in [-0.05, 0) is 23.6 Å². The van der Waals surface area contributed by atoms with Gasteiger partial charge in [0, 0.05) is 4.88 Å². The molecule has 0 radical (unpaired) electrons. The van der Waals surface area contributed by atoms with Crippen LogP contribution in [0.5, 0.6) is 0 Å². The quantitative estimate of drug-likeness (QED) is 0.826. The predicted molar refractivity (Wildman–Crippen MR) is 57.6 cm³/mol. The van der Waals surface area contributed by atoms with Crippen molar-refractivity contribution < 1.29 is 0 Å². The first-order valence-electron chi connectivity index (χ1n) is 3.65. The molecule has 0 spiro atoms. The highest BCUT2D eigenvalue weighted by Gasteiger charge is 1.95. The van der Waals surface area contributed by atoms with Gasteiger partial charge in [-0.3, -0.25) is 0 Å². The Bertz CT molecular complexity index is 403. The van der Waals surface area contributed by atoms with Gasteiger partial charge in [0.15, 0.2) is 0 Å². The second kappa shape index (κ2) is 3.68. The molecule has 0 aromatic carbocycles. The van der Waals surface area contributed by atoms with Crippen LogP contribution in [-0.4, -0.2) is 10.2 Å². The molecule has 13 heavy (non-hydrogen) atoms. The number of nitrogens with zero attached hydrogens (tertiary/aromatic N) is 2. The highest BCUT2D eigenvalue weighted by Crippen LogP contribution is 2.16. The Morgan fingerprint density at radius 3 is 2.85 bits per heavy atom. The Hall–Kier alpha value is -1.20. The van der Waals surface area contributed by atoms with Gasteiger partial charge in [-0.25, -0.2) is 0 Å². The average Bonchev–Trinajstić information content (AvgIpc) is 2.71. The molecule has 2 aromatic heterocycles. The van der Waals surface area contributed by atoms with Crippen molar-refractivity contribution in [1.29, 1.82) is 0 Å². The summed E-state index contributed by atoms with van der Waals surface area (Å²) < 4.78 is 0. The molecule has 3 nitrogen and oxygen atoms in total. The fourth-order valence-electron chi connectivity index (χ4n) is 0.853. The fourth-order valence-corrected chi connectivity index (χ4v) is 1.99. The molecule has 5 heteroatoms. The maximum absolute atomic E-state index is 5.44. The summed E-state index contributed by atoms with van der Waals surface area (Å²) in [4.78, 5) is 1.20. The number of hydrogen-bond acceptors (Lipinski definition) is 5. The van der Waals surface area contributed by atoms with Crippen LogP contribution in [0, 0.1) is 0 Å². The average molecular weight is 209 g/mol. The van der Waals surface area contributed by atoms with Crippen LogP contribution in [-0.2, 0) is 0 Å². The molecule has 0 amide bonds. The van der Waals surface area contributed by atoms with Crippen LogP contribution < -0.4 is 5.73 Å². The molecule has 0 bridgehead atoms. The molecule has 0 saturated carbocycles. The summed E-state index contributed by atoms with van der Waals surface area (Å²) in [5.74, 6) is 0. The number of hydrogen-bond donors (Lipinski definition) is 1. The number of aromatic nitrogens is 2. The molecule has 2 rings (SSSR count). The summed E-state index contributed by atoms with van der Waals surface area (Å²) in [7, 11) is 0. The molecule has 0 aliphatic rings. The minimum Gasteiger partial charge on any atom is -0.374 e. The molecule has 0 unspecified atom stereocenters. The lowest BCUT2D eigenvalue weighted by atomic mass is 10.4. The van der Waals surface area contributed by atoms with Crippen molar-refractivity contribution in [1.82, 2.24) is 10.2 Å². The third-order valence-electron chi connectivity index (χ3n) is 1.39. The Balaban J connectivity index is 2.14. The summed E-state index contributed by atoms with van der Waals surface area (Å²) >= 11 is 3.07. The van der Waals surface area contributed by atoms with Gasteiger partial charge in [0.05, 0.1) is 0 Å². The zero-order chi connectivity index (χ0) is 9.10. The molecule has 0 aliphatic heterocycles. The molecule has 66 valence electrons. The number of anilines is 1.